The third-order valence-corrected chi connectivity index (χ3v) is 3.43. The molecule has 16 heavy (non-hydrogen) atoms. The van der Waals surface area contributed by atoms with Crippen LogP contribution in [0.5, 0.6) is 5.75 Å². The molecule has 0 heterocycles. The zero-order valence-electron chi connectivity index (χ0n) is 8.35. The number of hydrogen-bond donors (Lipinski definition) is 2. The molecular formula is C12H10ClNOS. The summed E-state index contributed by atoms with van der Waals surface area (Å²) in [5, 5.41) is 10.3. The van der Waals surface area contributed by atoms with Crippen LogP contribution >= 0.6 is 23.4 Å². The summed E-state index contributed by atoms with van der Waals surface area (Å²) in [6.45, 7) is 0. The van der Waals surface area contributed by atoms with Crippen LogP contribution in [-0.2, 0) is 0 Å². The second-order valence-electron chi connectivity index (χ2n) is 3.25. The van der Waals surface area contributed by atoms with Gasteiger partial charge in [-0.3, -0.25) is 0 Å². The summed E-state index contributed by atoms with van der Waals surface area (Å²) in [6.07, 6.45) is 0. The number of benzene rings is 2. The molecule has 0 amide bonds. The van der Waals surface area contributed by atoms with Crippen LogP contribution in [0.15, 0.2) is 52.3 Å². The standard InChI is InChI=1S/C12H10ClNOS/c13-8-5-6-10(15)12(7-8)16-11-4-2-1-3-9(11)14/h1-7,15H,14H2. The Morgan fingerprint density at radius 1 is 1.06 bits per heavy atom. The van der Waals surface area contributed by atoms with Gasteiger partial charge in [0.2, 0.25) is 0 Å². The zero-order valence-corrected chi connectivity index (χ0v) is 9.92. The highest BCUT2D eigenvalue weighted by molar-refractivity contribution is 7.99. The number of halogens is 1. The highest BCUT2D eigenvalue weighted by Gasteiger charge is 2.06. The van der Waals surface area contributed by atoms with Crippen LogP contribution in [0.25, 0.3) is 0 Å². The summed E-state index contributed by atoms with van der Waals surface area (Å²) in [4.78, 5) is 1.60. The van der Waals surface area contributed by atoms with E-state index in [0.29, 0.717) is 15.6 Å². The van der Waals surface area contributed by atoms with Crippen molar-refractivity contribution in [3.8, 4) is 5.75 Å². The van der Waals surface area contributed by atoms with Gasteiger partial charge in [-0.2, -0.15) is 0 Å². The van der Waals surface area contributed by atoms with E-state index in [1.165, 1.54) is 11.8 Å². The molecule has 0 atom stereocenters. The van der Waals surface area contributed by atoms with Gasteiger partial charge in [-0.15, -0.1) is 0 Å². The topological polar surface area (TPSA) is 46.2 Å². The molecule has 2 nitrogen and oxygen atoms in total. The highest BCUT2D eigenvalue weighted by atomic mass is 35.5. The molecule has 0 radical (unpaired) electrons. The van der Waals surface area contributed by atoms with E-state index in [-0.39, 0.29) is 5.75 Å². The van der Waals surface area contributed by atoms with E-state index in [0.717, 1.165) is 4.90 Å². The van der Waals surface area contributed by atoms with Gasteiger partial charge in [-0.25, -0.2) is 0 Å². The van der Waals surface area contributed by atoms with Gasteiger partial charge in [0.15, 0.2) is 0 Å². The first-order valence-corrected chi connectivity index (χ1v) is 5.87. The number of anilines is 1. The smallest absolute Gasteiger partial charge is 0.129 e. The van der Waals surface area contributed by atoms with Gasteiger partial charge in [0.1, 0.15) is 5.75 Å². The average Bonchev–Trinajstić information content (AvgIpc) is 2.27. The van der Waals surface area contributed by atoms with E-state index in [4.69, 9.17) is 17.3 Å². The molecular weight excluding hydrogens is 242 g/mol. The van der Waals surface area contributed by atoms with Gasteiger partial charge in [-0.1, -0.05) is 35.5 Å². The van der Waals surface area contributed by atoms with E-state index < -0.39 is 0 Å². The largest absolute Gasteiger partial charge is 0.507 e. The number of phenolic OH excluding ortho intramolecular Hbond substituents is 1. The number of hydrogen-bond acceptors (Lipinski definition) is 3. The molecule has 3 N–H and O–H groups in total. The predicted octanol–water partition coefficient (Wildman–Crippen LogP) is 3.78. The van der Waals surface area contributed by atoms with E-state index in [1.54, 1.807) is 18.2 Å². The normalized spacial score (nSPS) is 10.3. The van der Waals surface area contributed by atoms with Gasteiger partial charge in [0, 0.05) is 15.6 Å². The lowest BCUT2D eigenvalue weighted by atomic mass is 10.3. The van der Waals surface area contributed by atoms with Crippen molar-refractivity contribution in [2.45, 2.75) is 9.79 Å². The first-order chi connectivity index (χ1) is 7.66. The number of rotatable bonds is 2. The summed E-state index contributed by atoms with van der Waals surface area (Å²) in [5.74, 6) is 0.206. The third kappa shape index (κ3) is 2.43. The van der Waals surface area contributed by atoms with E-state index in [2.05, 4.69) is 0 Å². The molecule has 0 fully saturated rings. The molecule has 2 rings (SSSR count). The first kappa shape index (κ1) is 11.2. The van der Waals surface area contributed by atoms with Crippen LogP contribution in [-0.4, -0.2) is 5.11 Å². The van der Waals surface area contributed by atoms with Gasteiger partial charge < -0.3 is 10.8 Å². The summed E-state index contributed by atoms with van der Waals surface area (Å²) < 4.78 is 0. The summed E-state index contributed by atoms with van der Waals surface area (Å²) in [7, 11) is 0. The van der Waals surface area contributed by atoms with E-state index in [1.807, 2.05) is 24.3 Å². The molecule has 0 aromatic heterocycles. The van der Waals surface area contributed by atoms with Crippen molar-refractivity contribution in [3.05, 3.63) is 47.5 Å². The van der Waals surface area contributed by atoms with Crippen molar-refractivity contribution in [2.75, 3.05) is 5.73 Å². The Hall–Kier alpha value is -1.32. The van der Waals surface area contributed by atoms with E-state index in [9.17, 15) is 5.11 Å². The molecule has 0 spiro atoms. The fraction of sp³-hybridized carbons (Fsp3) is 0. The molecule has 82 valence electrons. The lowest BCUT2D eigenvalue weighted by Gasteiger charge is -2.06. The summed E-state index contributed by atoms with van der Waals surface area (Å²) in [5.41, 5.74) is 6.51. The Morgan fingerprint density at radius 2 is 1.81 bits per heavy atom. The van der Waals surface area contributed by atoms with Crippen LogP contribution in [0.1, 0.15) is 0 Å². The minimum atomic E-state index is 0.206. The minimum Gasteiger partial charge on any atom is -0.507 e. The Labute approximate surface area is 103 Å². The fourth-order valence-electron chi connectivity index (χ4n) is 1.26. The average molecular weight is 252 g/mol. The van der Waals surface area contributed by atoms with Crippen molar-refractivity contribution in [1.82, 2.24) is 0 Å². The molecule has 2 aromatic rings. The highest BCUT2D eigenvalue weighted by Crippen LogP contribution is 2.38. The number of nitrogens with two attached hydrogens (primary N) is 1. The van der Waals surface area contributed by atoms with Crippen molar-refractivity contribution in [2.24, 2.45) is 0 Å². The van der Waals surface area contributed by atoms with Gasteiger partial charge in [-0.05, 0) is 30.3 Å². The van der Waals surface area contributed by atoms with Crippen LogP contribution in [0.2, 0.25) is 5.02 Å². The zero-order chi connectivity index (χ0) is 11.5. The van der Waals surface area contributed by atoms with Crippen molar-refractivity contribution >= 4 is 29.1 Å². The molecule has 0 aliphatic carbocycles. The number of aromatic hydroxyl groups is 1. The van der Waals surface area contributed by atoms with Crippen molar-refractivity contribution in [3.63, 3.8) is 0 Å². The molecule has 2 aromatic carbocycles. The van der Waals surface area contributed by atoms with Crippen LogP contribution in [0.3, 0.4) is 0 Å². The van der Waals surface area contributed by atoms with E-state index >= 15 is 0 Å². The van der Waals surface area contributed by atoms with Crippen molar-refractivity contribution in [1.29, 1.82) is 0 Å². The Kier molecular flexibility index (Phi) is 3.27. The molecule has 0 unspecified atom stereocenters. The third-order valence-electron chi connectivity index (χ3n) is 2.06. The monoisotopic (exact) mass is 251 g/mol. The lowest BCUT2D eigenvalue weighted by Crippen LogP contribution is -1.87. The number of para-hydroxylation sites is 1. The van der Waals surface area contributed by atoms with Gasteiger partial charge >= 0.3 is 0 Å². The fourth-order valence-corrected chi connectivity index (χ4v) is 2.43. The number of nitrogen functional groups attached to an aromatic ring is 1. The Balaban J connectivity index is 2.34. The molecule has 0 saturated carbocycles. The second-order valence-corrected chi connectivity index (χ2v) is 4.77. The van der Waals surface area contributed by atoms with Crippen LogP contribution in [0.4, 0.5) is 5.69 Å². The molecule has 0 saturated heterocycles. The first-order valence-electron chi connectivity index (χ1n) is 4.67. The molecule has 0 aliphatic rings. The Morgan fingerprint density at radius 3 is 2.56 bits per heavy atom. The van der Waals surface area contributed by atoms with Crippen LogP contribution < -0.4 is 5.73 Å². The molecule has 0 aliphatic heterocycles. The van der Waals surface area contributed by atoms with Gasteiger partial charge in [0.05, 0.1) is 4.90 Å². The quantitative estimate of drug-likeness (QED) is 0.799. The maximum atomic E-state index is 9.67. The maximum Gasteiger partial charge on any atom is 0.129 e. The summed E-state index contributed by atoms with van der Waals surface area (Å²) in [6, 6.07) is 12.4. The maximum absolute atomic E-state index is 9.67. The molecule has 4 heteroatoms. The minimum absolute atomic E-state index is 0.206. The number of phenols is 1. The SMILES string of the molecule is Nc1ccccc1Sc1cc(Cl)ccc1O. The predicted molar refractivity (Wildman–Crippen MR) is 68.1 cm³/mol. The lowest BCUT2D eigenvalue weighted by molar-refractivity contribution is 0.462. The Bertz CT molecular complexity index is 516. The van der Waals surface area contributed by atoms with Crippen LogP contribution in [0, 0.1) is 0 Å². The molecule has 0 bridgehead atoms. The van der Waals surface area contributed by atoms with Gasteiger partial charge in [0.25, 0.3) is 0 Å². The van der Waals surface area contributed by atoms with Crippen molar-refractivity contribution < 1.29 is 5.11 Å². The second kappa shape index (κ2) is 4.68. The summed E-state index contributed by atoms with van der Waals surface area (Å²) >= 11 is 7.26.